The van der Waals surface area contributed by atoms with Crippen LogP contribution in [0.15, 0.2) is 18.2 Å². The molecule has 1 aromatic rings. The summed E-state index contributed by atoms with van der Waals surface area (Å²) in [5.41, 5.74) is 2.59. The van der Waals surface area contributed by atoms with Gasteiger partial charge < -0.3 is 9.84 Å². The van der Waals surface area contributed by atoms with Crippen molar-refractivity contribution in [2.45, 2.75) is 52.4 Å². The van der Waals surface area contributed by atoms with E-state index in [-0.39, 0.29) is 17.4 Å². The number of ether oxygens (including phenoxy) is 1. The average molecular weight is 250 g/mol. The fourth-order valence-corrected chi connectivity index (χ4v) is 1.88. The Labute approximate surface area is 111 Å². The van der Waals surface area contributed by atoms with Gasteiger partial charge in [-0.2, -0.15) is 0 Å². The highest BCUT2D eigenvalue weighted by molar-refractivity contribution is 5.43. The van der Waals surface area contributed by atoms with Gasteiger partial charge in [-0.15, -0.1) is 0 Å². The topological polar surface area (TPSA) is 29.5 Å². The highest BCUT2D eigenvalue weighted by Gasteiger charge is 2.22. The molecule has 0 atom stereocenters. The minimum Gasteiger partial charge on any atom is -0.491 e. The monoisotopic (exact) mass is 250 g/mol. The first kappa shape index (κ1) is 15.0. The molecule has 0 bridgehead atoms. The molecule has 102 valence electrons. The van der Waals surface area contributed by atoms with Crippen LogP contribution in [0.2, 0.25) is 0 Å². The summed E-state index contributed by atoms with van der Waals surface area (Å²) < 4.78 is 5.70. The van der Waals surface area contributed by atoms with Crippen LogP contribution in [-0.2, 0) is 10.8 Å². The molecule has 0 spiro atoms. The molecule has 0 heterocycles. The van der Waals surface area contributed by atoms with E-state index < -0.39 is 0 Å². The minimum atomic E-state index is 0.0429. The molecule has 0 aliphatic rings. The van der Waals surface area contributed by atoms with Gasteiger partial charge in [0.05, 0.1) is 6.61 Å². The lowest BCUT2D eigenvalue weighted by molar-refractivity contribution is 0.198. The summed E-state index contributed by atoms with van der Waals surface area (Å²) >= 11 is 0. The molecule has 1 N–H and O–H groups in total. The Hall–Kier alpha value is -1.02. The van der Waals surface area contributed by atoms with Gasteiger partial charge in [-0.25, -0.2) is 0 Å². The quantitative estimate of drug-likeness (QED) is 0.887. The van der Waals surface area contributed by atoms with Gasteiger partial charge in [0.15, 0.2) is 0 Å². The predicted octanol–water partition coefficient (Wildman–Crippen LogP) is 3.65. The smallest absolute Gasteiger partial charge is 0.123 e. The maximum absolute atomic E-state index is 8.93. The molecule has 0 unspecified atom stereocenters. The zero-order chi connectivity index (χ0) is 14.0. The third-order valence-corrected chi connectivity index (χ3v) is 3.00. The van der Waals surface area contributed by atoms with Gasteiger partial charge in [0.25, 0.3) is 0 Å². The van der Waals surface area contributed by atoms with E-state index in [2.05, 4.69) is 59.7 Å². The Morgan fingerprint density at radius 1 is 1.00 bits per heavy atom. The first-order chi connectivity index (χ1) is 8.16. The van der Waals surface area contributed by atoms with Gasteiger partial charge in [-0.1, -0.05) is 53.7 Å². The van der Waals surface area contributed by atoms with Crippen LogP contribution in [0.1, 0.15) is 52.7 Å². The van der Waals surface area contributed by atoms with E-state index in [1.165, 1.54) is 11.1 Å². The van der Waals surface area contributed by atoms with Crippen molar-refractivity contribution in [2.24, 2.45) is 0 Å². The first-order valence-corrected chi connectivity index (χ1v) is 6.55. The minimum absolute atomic E-state index is 0.0429. The van der Waals surface area contributed by atoms with Crippen molar-refractivity contribution in [3.05, 3.63) is 29.3 Å². The molecule has 1 aromatic carbocycles. The molecule has 0 amide bonds. The second-order valence-electron chi connectivity index (χ2n) is 6.78. The molecular weight excluding hydrogens is 224 g/mol. The molecule has 1 rings (SSSR count). The molecule has 18 heavy (non-hydrogen) atoms. The summed E-state index contributed by atoms with van der Waals surface area (Å²) in [5.74, 6) is 0.893. The maximum atomic E-state index is 8.93. The number of benzene rings is 1. The Bertz CT molecular complexity index is 395. The van der Waals surface area contributed by atoms with E-state index in [1.54, 1.807) is 0 Å². The number of rotatable bonds is 3. The van der Waals surface area contributed by atoms with E-state index in [0.717, 1.165) is 5.75 Å². The molecule has 0 aromatic heterocycles. The lowest BCUT2D eigenvalue weighted by Gasteiger charge is -2.26. The Morgan fingerprint density at radius 3 is 2.06 bits per heavy atom. The molecule has 0 saturated carbocycles. The van der Waals surface area contributed by atoms with E-state index in [4.69, 9.17) is 9.84 Å². The average Bonchev–Trinajstić information content (AvgIpc) is 2.23. The molecule has 0 saturated heterocycles. The fourth-order valence-electron chi connectivity index (χ4n) is 1.88. The Kier molecular flexibility index (Phi) is 4.44. The fraction of sp³-hybridized carbons (Fsp3) is 0.625. The van der Waals surface area contributed by atoms with Gasteiger partial charge in [-0.3, -0.25) is 0 Å². The van der Waals surface area contributed by atoms with Crippen molar-refractivity contribution in [2.75, 3.05) is 13.2 Å². The first-order valence-electron chi connectivity index (χ1n) is 6.55. The van der Waals surface area contributed by atoms with Crippen LogP contribution in [0.4, 0.5) is 0 Å². The van der Waals surface area contributed by atoms with Crippen molar-refractivity contribution in [3.63, 3.8) is 0 Å². The zero-order valence-corrected chi connectivity index (χ0v) is 12.5. The summed E-state index contributed by atoms with van der Waals surface area (Å²) in [5, 5.41) is 8.93. The summed E-state index contributed by atoms with van der Waals surface area (Å²) in [4.78, 5) is 0. The van der Waals surface area contributed by atoms with Gasteiger partial charge in [0.2, 0.25) is 0 Å². The van der Waals surface area contributed by atoms with Crippen LogP contribution in [0.25, 0.3) is 0 Å². The van der Waals surface area contributed by atoms with Crippen LogP contribution in [0, 0.1) is 0 Å². The van der Waals surface area contributed by atoms with Gasteiger partial charge in [0, 0.05) is 0 Å². The van der Waals surface area contributed by atoms with Gasteiger partial charge >= 0.3 is 0 Å². The van der Waals surface area contributed by atoms with Crippen molar-refractivity contribution in [3.8, 4) is 5.75 Å². The second-order valence-corrected chi connectivity index (χ2v) is 6.78. The third kappa shape index (κ3) is 3.74. The van der Waals surface area contributed by atoms with Crippen molar-refractivity contribution in [1.29, 1.82) is 0 Å². The van der Waals surface area contributed by atoms with Crippen LogP contribution in [0.3, 0.4) is 0 Å². The van der Waals surface area contributed by atoms with Crippen LogP contribution >= 0.6 is 0 Å². The second kappa shape index (κ2) is 5.31. The third-order valence-electron chi connectivity index (χ3n) is 3.00. The lowest BCUT2D eigenvalue weighted by atomic mass is 9.81. The summed E-state index contributed by atoms with van der Waals surface area (Å²) in [6, 6.07) is 6.43. The largest absolute Gasteiger partial charge is 0.491 e. The summed E-state index contributed by atoms with van der Waals surface area (Å²) in [7, 11) is 0. The number of hydrogen-bond acceptors (Lipinski definition) is 2. The molecule has 0 radical (unpaired) electrons. The number of aliphatic hydroxyl groups is 1. The summed E-state index contributed by atoms with van der Waals surface area (Å²) in [6.07, 6.45) is 0. The highest BCUT2D eigenvalue weighted by Crippen LogP contribution is 2.35. The van der Waals surface area contributed by atoms with E-state index in [0.29, 0.717) is 6.61 Å². The van der Waals surface area contributed by atoms with Crippen LogP contribution in [0.5, 0.6) is 5.75 Å². The van der Waals surface area contributed by atoms with Gasteiger partial charge in [0.1, 0.15) is 12.4 Å². The molecular formula is C16H26O2. The molecule has 0 aliphatic heterocycles. The predicted molar refractivity (Wildman–Crippen MR) is 76.4 cm³/mol. The Morgan fingerprint density at radius 2 is 1.61 bits per heavy atom. The Balaban J connectivity index is 3.21. The van der Waals surface area contributed by atoms with E-state index >= 15 is 0 Å². The summed E-state index contributed by atoms with van der Waals surface area (Å²) in [6.45, 7) is 13.5. The normalized spacial score (nSPS) is 12.6. The van der Waals surface area contributed by atoms with Gasteiger partial charge in [-0.05, 0) is 28.0 Å². The highest BCUT2D eigenvalue weighted by atomic mass is 16.5. The molecule has 0 aliphatic carbocycles. The van der Waals surface area contributed by atoms with Crippen molar-refractivity contribution < 1.29 is 9.84 Å². The SMILES string of the molecule is CC(C)(C)c1ccc(C(C)(C)C)c(OCCO)c1. The zero-order valence-electron chi connectivity index (χ0n) is 12.5. The van der Waals surface area contributed by atoms with Crippen molar-refractivity contribution >= 4 is 0 Å². The standard InChI is InChI=1S/C16H26O2/c1-15(2,3)12-7-8-13(16(4,5)6)14(11-12)18-10-9-17/h7-8,11,17H,9-10H2,1-6H3. The molecule has 2 nitrogen and oxygen atoms in total. The van der Waals surface area contributed by atoms with Crippen LogP contribution in [-0.4, -0.2) is 18.3 Å². The van der Waals surface area contributed by atoms with E-state index in [1.807, 2.05) is 0 Å². The molecule has 2 heteroatoms. The van der Waals surface area contributed by atoms with Crippen molar-refractivity contribution in [1.82, 2.24) is 0 Å². The number of aliphatic hydroxyl groups excluding tert-OH is 1. The lowest BCUT2D eigenvalue weighted by Crippen LogP contribution is -2.17. The maximum Gasteiger partial charge on any atom is 0.123 e. The van der Waals surface area contributed by atoms with Crippen LogP contribution < -0.4 is 4.74 Å². The molecule has 0 fully saturated rings. The van der Waals surface area contributed by atoms with E-state index in [9.17, 15) is 0 Å². The number of hydrogen-bond donors (Lipinski definition) is 1.